The van der Waals surface area contributed by atoms with Crippen molar-refractivity contribution in [3.8, 4) is 0 Å². The van der Waals surface area contributed by atoms with Gasteiger partial charge < -0.3 is 0 Å². The number of rotatable bonds is 11. The number of thioether (sulfide) groups is 1. The predicted molar refractivity (Wildman–Crippen MR) is 80.1 cm³/mol. The lowest BCUT2D eigenvalue weighted by Gasteiger charge is -2.05. The molecular formula is C15H28NS. The molecule has 2 heteroatoms. The van der Waals surface area contributed by atoms with E-state index in [2.05, 4.69) is 17.5 Å². The first-order valence-electron chi connectivity index (χ1n) is 7.50. The number of unbranched alkanes of at least 4 members (excludes halogenated alkanes) is 9. The third kappa shape index (κ3) is 8.70. The molecule has 1 aliphatic rings. The maximum Gasteiger partial charge on any atom is 0.123 e. The first-order chi connectivity index (χ1) is 8.43. The van der Waals surface area contributed by atoms with Crippen LogP contribution in [0.5, 0.6) is 0 Å². The predicted octanol–water partition coefficient (Wildman–Crippen LogP) is 5.32. The Morgan fingerprint density at radius 3 is 2.06 bits per heavy atom. The minimum atomic E-state index is 0.592. The Bertz CT molecular complexity index is 191. The van der Waals surface area contributed by atoms with Gasteiger partial charge in [0.15, 0.2) is 0 Å². The van der Waals surface area contributed by atoms with Crippen molar-refractivity contribution in [2.24, 2.45) is 4.99 Å². The van der Waals surface area contributed by atoms with Gasteiger partial charge in [-0.2, -0.15) is 0 Å². The topological polar surface area (TPSA) is 12.4 Å². The van der Waals surface area contributed by atoms with Gasteiger partial charge in [-0.3, -0.25) is 4.99 Å². The summed E-state index contributed by atoms with van der Waals surface area (Å²) >= 11 is 1.75. The molecule has 0 aromatic heterocycles. The fourth-order valence-corrected chi connectivity index (χ4v) is 3.03. The quantitative estimate of drug-likeness (QED) is 0.455. The van der Waals surface area contributed by atoms with Crippen LogP contribution in [-0.2, 0) is 0 Å². The molecule has 1 aliphatic heterocycles. The first kappa shape index (κ1) is 15.1. The molecule has 1 heterocycles. The molecule has 99 valence electrons. The van der Waals surface area contributed by atoms with E-state index in [9.17, 15) is 0 Å². The Morgan fingerprint density at radius 1 is 0.941 bits per heavy atom. The average Bonchev–Trinajstić information content (AvgIpc) is 2.85. The van der Waals surface area contributed by atoms with Crippen molar-refractivity contribution in [3.05, 3.63) is 0 Å². The third-order valence-electron chi connectivity index (χ3n) is 3.47. The fourth-order valence-electron chi connectivity index (χ4n) is 2.30. The maximum absolute atomic E-state index is 4.32. The standard InChI is InChI=1S/C15H28NS/c1-2-3-4-5-6-7-8-9-10-11-12-15-13-17-14-16-15/h15H,2-13H2,1H3. The van der Waals surface area contributed by atoms with E-state index < -0.39 is 0 Å². The zero-order chi connectivity index (χ0) is 12.2. The molecule has 1 rings (SSSR count). The number of nitrogens with zero attached hydrogens (tertiary/aromatic N) is 1. The molecule has 0 N–H and O–H groups in total. The summed E-state index contributed by atoms with van der Waals surface area (Å²) in [4.78, 5) is 4.32. The normalized spacial score (nSPS) is 19.0. The number of hydrogen-bond acceptors (Lipinski definition) is 2. The Balaban J connectivity index is 1.71. The van der Waals surface area contributed by atoms with E-state index in [-0.39, 0.29) is 0 Å². The maximum atomic E-state index is 4.32. The van der Waals surface area contributed by atoms with Crippen molar-refractivity contribution >= 4 is 17.3 Å². The van der Waals surface area contributed by atoms with Crippen LogP contribution in [0.15, 0.2) is 4.99 Å². The van der Waals surface area contributed by atoms with Crippen LogP contribution < -0.4 is 0 Å². The monoisotopic (exact) mass is 254 g/mol. The van der Waals surface area contributed by atoms with E-state index in [0.29, 0.717) is 6.04 Å². The van der Waals surface area contributed by atoms with Crippen LogP contribution in [0.2, 0.25) is 0 Å². The summed E-state index contributed by atoms with van der Waals surface area (Å²) < 4.78 is 0. The van der Waals surface area contributed by atoms with Crippen molar-refractivity contribution in [2.75, 3.05) is 5.75 Å². The zero-order valence-corrected chi connectivity index (χ0v) is 12.2. The van der Waals surface area contributed by atoms with E-state index in [1.54, 1.807) is 11.8 Å². The Hall–Kier alpha value is 0.0200. The zero-order valence-electron chi connectivity index (χ0n) is 11.4. The molecule has 0 fully saturated rings. The molecule has 0 amide bonds. The second kappa shape index (κ2) is 11.1. The van der Waals surface area contributed by atoms with Gasteiger partial charge in [0.2, 0.25) is 0 Å². The smallest absolute Gasteiger partial charge is 0.123 e. The van der Waals surface area contributed by atoms with Gasteiger partial charge in [-0.1, -0.05) is 71.1 Å². The molecule has 0 aromatic carbocycles. The number of aliphatic imine (C=N–C) groups is 1. The van der Waals surface area contributed by atoms with Crippen LogP contribution in [0.4, 0.5) is 0 Å². The van der Waals surface area contributed by atoms with Crippen LogP contribution in [0, 0.1) is 0 Å². The van der Waals surface area contributed by atoms with E-state index in [1.807, 2.05) is 0 Å². The van der Waals surface area contributed by atoms with Crippen LogP contribution in [0.1, 0.15) is 77.6 Å². The lowest BCUT2D eigenvalue weighted by molar-refractivity contribution is 0.537. The summed E-state index contributed by atoms with van der Waals surface area (Å²) in [5.41, 5.74) is 3.00. The van der Waals surface area contributed by atoms with Gasteiger partial charge in [-0.25, -0.2) is 0 Å². The van der Waals surface area contributed by atoms with Crippen LogP contribution in [0.25, 0.3) is 0 Å². The molecule has 1 nitrogen and oxygen atoms in total. The summed E-state index contributed by atoms with van der Waals surface area (Å²) in [6.07, 6.45) is 15.5. The lowest BCUT2D eigenvalue weighted by Crippen LogP contribution is -2.02. The van der Waals surface area contributed by atoms with Gasteiger partial charge in [0, 0.05) is 5.75 Å². The highest BCUT2D eigenvalue weighted by molar-refractivity contribution is 8.12. The van der Waals surface area contributed by atoms with Gasteiger partial charge in [0.25, 0.3) is 0 Å². The van der Waals surface area contributed by atoms with Crippen molar-refractivity contribution in [2.45, 2.75) is 83.6 Å². The molecule has 0 aromatic rings. The van der Waals surface area contributed by atoms with Gasteiger partial charge >= 0.3 is 0 Å². The SMILES string of the molecule is CCCCCCCCCCCCC1CS[C]=N1. The van der Waals surface area contributed by atoms with Crippen LogP contribution in [0.3, 0.4) is 0 Å². The van der Waals surface area contributed by atoms with Crippen LogP contribution in [-0.4, -0.2) is 17.3 Å². The fraction of sp³-hybridized carbons (Fsp3) is 0.933. The van der Waals surface area contributed by atoms with Crippen molar-refractivity contribution in [3.63, 3.8) is 0 Å². The summed E-state index contributed by atoms with van der Waals surface area (Å²) in [5, 5.41) is 0. The summed E-state index contributed by atoms with van der Waals surface area (Å²) in [7, 11) is 0. The highest BCUT2D eigenvalue weighted by Crippen LogP contribution is 2.18. The Kier molecular flexibility index (Phi) is 9.87. The summed E-state index contributed by atoms with van der Waals surface area (Å²) in [5.74, 6) is 1.18. The average molecular weight is 254 g/mol. The molecule has 1 radical (unpaired) electrons. The minimum absolute atomic E-state index is 0.592. The largest absolute Gasteiger partial charge is 0.271 e. The number of hydrogen-bond donors (Lipinski definition) is 0. The summed E-state index contributed by atoms with van der Waals surface area (Å²) in [6.45, 7) is 2.28. The van der Waals surface area contributed by atoms with Crippen LogP contribution >= 0.6 is 11.8 Å². The Labute approximate surface area is 112 Å². The molecule has 0 saturated carbocycles. The second-order valence-corrected chi connectivity index (χ2v) is 5.96. The van der Waals surface area contributed by atoms with E-state index in [1.165, 1.54) is 76.4 Å². The molecule has 0 spiro atoms. The van der Waals surface area contributed by atoms with Gasteiger partial charge in [-0.15, -0.1) is 11.8 Å². The van der Waals surface area contributed by atoms with E-state index in [0.717, 1.165) is 0 Å². The summed E-state index contributed by atoms with van der Waals surface area (Å²) in [6, 6.07) is 0.592. The highest BCUT2D eigenvalue weighted by Gasteiger charge is 2.10. The molecule has 0 bridgehead atoms. The first-order valence-corrected chi connectivity index (χ1v) is 8.48. The highest BCUT2D eigenvalue weighted by atomic mass is 32.2. The second-order valence-electron chi connectivity index (χ2n) is 5.16. The molecule has 17 heavy (non-hydrogen) atoms. The Morgan fingerprint density at radius 2 is 1.53 bits per heavy atom. The van der Waals surface area contributed by atoms with Crippen molar-refractivity contribution in [1.29, 1.82) is 0 Å². The lowest BCUT2D eigenvalue weighted by atomic mass is 10.0. The molecular weight excluding hydrogens is 226 g/mol. The molecule has 0 aliphatic carbocycles. The molecule has 1 unspecified atom stereocenters. The van der Waals surface area contributed by atoms with Crippen molar-refractivity contribution in [1.82, 2.24) is 0 Å². The minimum Gasteiger partial charge on any atom is -0.271 e. The van der Waals surface area contributed by atoms with Gasteiger partial charge in [0.1, 0.15) is 5.55 Å². The third-order valence-corrected chi connectivity index (χ3v) is 4.25. The molecule has 1 atom stereocenters. The van der Waals surface area contributed by atoms with E-state index >= 15 is 0 Å². The molecule has 0 saturated heterocycles. The van der Waals surface area contributed by atoms with Crippen molar-refractivity contribution < 1.29 is 0 Å². The van der Waals surface area contributed by atoms with Gasteiger partial charge in [-0.05, 0) is 6.42 Å². The van der Waals surface area contributed by atoms with Gasteiger partial charge in [0.05, 0.1) is 6.04 Å². The van der Waals surface area contributed by atoms with E-state index in [4.69, 9.17) is 0 Å².